The van der Waals surface area contributed by atoms with Crippen LogP contribution in [0, 0.1) is 6.92 Å². The minimum absolute atomic E-state index is 0.236. The molecule has 7 heteroatoms. The maximum atomic E-state index is 12.6. The number of piperidine rings is 1. The van der Waals surface area contributed by atoms with Gasteiger partial charge >= 0.3 is 0 Å². The van der Waals surface area contributed by atoms with Crippen LogP contribution in [0.2, 0.25) is 0 Å². The molecule has 1 aromatic rings. The van der Waals surface area contributed by atoms with E-state index < -0.39 is 5.60 Å². The third kappa shape index (κ3) is 7.51. The molecule has 1 spiro atoms. The lowest BCUT2D eigenvalue weighted by atomic mass is 9.78. The number of likely N-dealkylation sites (tertiary alicyclic amines) is 1. The molecule has 2 N–H and O–H groups in total. The van der Waals surface area contributed by atoms with Gasteiger partial charge in [-0.1, -0.05) is 12.1 Å². The van der Waals surface area contributed by atoms with E-state index >= 15 is 0 Å². The lowest BCUT2D eigenvalue weighted by Gasteiger charge is -2.48. The van der Waals surface area contributed by atoms with E-state index in [4.69, 9.17) is 19.4 Å². The first-order valence-electron chi connectivity index (χ1n) is 11.2. The second-order valence-corrected chi connectivity index (χ2v) is 8.83. The van der Waals surface area contributed by atoms with Crippen molar-refractivity contribution in [3.63, 3.8) is 0 Å². The first-order chi connectivity index (χ1) is 14.7. The molecular formula is C24H37NO6. The third-order valence-corrected chi connectivity index (χ3v) is 6.17. The summed E-state index contributed by atoms with van der Waals surface area (Å²) in [6, 6.07) is 6.28. The van der Waals surface area contributed by atoms with Crippen molar-refractivity contribution in [2.45, 2.75) is 76.9 Å². The number of aliphatic hydroxyl groups is 1. The summed E-state index contributed by atoms with van der Waals surface area (Å²) in [5, 5.41) is 17.3. The molecule has 7 nitrogen and oxygen atoms in total. The number of aryl methyl sites for hydroxylation is 2. The molecule has 1 amide bonds. The number of nitrogens with zero attached hydrogens (tertiary/aromatic N) is 1. The summed E-state index contributed by atoms with van der Waals surface area (Å²) in [5.41, 5.74) is 1.53. The molecule has 0 saturated carbocycles. The fraction of sp³-hybridized carbons (Fsp3) is 0.667. The highest BCUT2D eigenvalue weighted by molar-refractivity contribution is 5.76. The van der Waals surface area contributed by atoms with Crippen molar-refractivity contribution in [2.24, 2.45) is 0 Å². The summed E-state index contributed by atoms with van der Waals surface area (Å²) in [6.45, 7) is 8.46. The Morgan fingerprint density at radius 2 is 1.97 bits per heavy atom. The molecule has 2 aliphatic rings. The Labute approximate surface area is 185 Å². The Morgan fingerprint density at radius 3 is 2.55 bits per heavy atom. The summed E-state index contributed by atoms with van der Waals surface area (Å²) >= 11 is 0. The second-order valence-electron chi connectivity index (χ2n) is 8.83. The zero-order valence-electron chi connectivity index (χ0n) is 19.1. The first-order valence-corrected chi connectivity index (χ1v) is 11.2. The van der Waals surface area contributed by atoms with Gasteiger partial charge in [0.25, 0.3) is 6.47 Å². The number of amides is 1. The van der Waals surface area contributed by atoms with Crippen LogP contribution in [0.25, 0.3) is 0 Å². The summed E-state index contributed by atoms with van der Waals surface area (Å²) in [6.07, 6.45) is 5.38. The average Bonchev–Trinajstić information content (AvgIpc) is 2.70. The fourth-order valence-corrected chi connectivity index (χ4v) is 4.59. The van der Waals surface area contributed by atoms with E-state index in [1.165, 1.54) is 5.56 Å². The van der Waals surface area contributed by atoms with Crippen LogP contribution in [-0.2, 0) is 20.7 Å². The Kier molecular flexibility index (Phi) is 9.32. The molecule has 0 bridgehead atoms. The van der Waals surface area contributed by atoms with Crippen molar-refractivity contribution in [1.82, 2.24) is 4.90 Å². The minimum Gasteiger partial charge on any atom is -0.494 e. The number of hydrogen-bond acceptors (Lipinski definition) is 5. The number of rotatable bonds is 6. The Bertz CT molecular complexity index is 725. The SMILES string of the molecule is CCOc1ccc(CCCC(=O)N2CCC3(CC2)CC(C)(O)CCO3)cc1C.O=CO. The molecule has 2 aliphatic heterocycles. The van der Waals surface area contributed by atoms with Crippen molar-refractivity contribution in [1.29, 1.82) is 0 Å². The van der Waals surface area contributed by atoms with E-state index in [2.05, 4.69) is 19.1 Å². The van der Waals surface area contributed by atoms with Crippen LogP contribution in [0.3, 0.4) is 0 Å². The average molecular weight is 436 g/mol. The molecule has 0 aliphatic carbocycles. The van der Waals surface area contributed by atoms with Gasteiger partial charge in [-0.15, -0.1) is 0 Å². The Hall–Kier alpha value is -2.12. The maximum Gasteiger partial charge on any atom is 0.290 e. The molecule has 31 heavy (non-hydrogen) atoms. The van der Waals surface area contributed by atoms with Crippen molar-refractivity contribution < 1.29 is 29.3 Å². The molecule has 174 valence electrons. The van der Waals surface area contributed by atoms with Gasteiger partial charge < -0.3 is 24.6 Å². The molecule has 2 heterocycles. The van der Waals surface area contributed by atoms with Gasteiger partial charge in [-0.25, -0.2) is 0 Å². The van der Waals surface area contributed by atoms with Gasteiger partial charge in [0.15, 0.2) is 0 Å². The van der Waals surface area contributed by atoms with E-state index in [-0.39, 0.29) is 18.0 Å². The quantitative estimate of drug-likeness (QED) is 0.666. The highest BCUT2D eigenvalue weighted by Crippen LogP contribution is 2.39. The molecule has 1 aromatic carbocycles. The van der Waals surface area contributed by atoms with Gasteiger partial charge in [0, 0.05) is 25.9 Å². The molecule has 1 unspecified atom stereocenters. The summed E-state index contributed by atoms with van der Waals surface area (Å²) < 4.78 is 11.6. The molecule has 1 atom stereocenters. The van der Waals surface area contributed by atoms with Gasteiger partial charge in [0.1, 0.15) is 5.75 Å². The van der Waals surface area contributed by atoms with E-state index in [0.29, 0.717) is 32.5 Å². The lowest BCUT2D eigenvalue weighted by Crippen LogP contribution is -2.54. The standard InChI is InChI=1S/C23H35NO4.CH2O2/c1-4-27-20-9-8-19(16-18(20)2)6-5-7-21(25)24-13-10-23(11-14-24)17-22(3,26)12-15-28-23;2-1-3/h8-9,16,26H,4-7,10-15,17H2,1-3H3;1H,(H,2,3). The number of carboxylic acid groups (broad SMARTS) is 1. The van der Waals surface area contributed by atoms with Crippen LogP contribution < -0.4 is 4.74 Å². The number of carbonyl (C=O) groups is 2. The molecule has 2 fully saturated rings. The predicted octanol–water partition coefficient (Wildman–Crippen LogP) is 3.34. The van der Waals surface area contributed by atoms with Gasteiger partial charge in [0.2, 0.25) is 5.91 Å². The lowest BCUT2D eigenvalue weighted by molar-refractivity contribution is -0.175. The van der Waals surface area contributed by atoms with E-state index in [0.717, 1.165) is 50.1 Å². The van der Waals surface area contributed by atoms with Crippen molar-refractivity contribution in [2.75, 3.05) is 26.3 Å². The smallest absolute Gasteiger partial charge is 0.290 e. The van der Waals surface area contributed by atoms with E-state index in [1.54, 1.807) is 0 Å². The van der Waals surface area contributed by atoms with Crippen LogP contribution in [0.5, 0.6) is 5.75 Å². The summed E-state index contributed by atoms with van der Waals surface area (Å²) in [5.74, 6) is 1.17. The normalized spacial score (nSPS) is 22.4. The van der Waals surface area contributed by atoms with Crippen LogP contribution in [0.1, 0.15) is 63.5 Å². The monoisotopic (exact) mass is 435 g/mol. The molecule has 0 radical (unpaired) electrons. The predicted molar refractivity (Wildman–Crippen MR) is 118 cm³/mol. The Morgan fingerprint density at radius 1 is 1.29 bits per heavy atom. The van der Waals surface area contributed by atoms with E-state index in [1.807, 2.05) is 24.8 Å². The Balaban J connectivity index is 0.00000107. The van der Waals surface area contributed by atoms with Gasteiger partial charge in [-0.3, -0.25) is 9.59 Å². The molecule has 2 saturated heterocycles. The fourth-order valence-electron chi connectivity index (χ4n) is 4.59. The third-order valence-electron chi connectivity index (χ3n) is 6.17. The van der Waals surface area contributed by atoms with Crippen LogP contribution in [0.4, 0.5) is 0 Å². The first kappa shape index (κ1) is 25.1. The van der Waals surface area contributed by atoms with E-state index in [9.17, 15) is 9.90 Å². The van der Waals surface area contributed by atoms with Crippen LogP contribution in [-0.4, -0.2) is 65.0 Å². The number of hydrogen-bond donors (Lipinski definition) is 2. The van der Waals surface area contributed by atoms with Crippen LogP contribution >= 0.6 is 0 Å². The minimum atomic E-state index is -0.639. The summed E-state index contributed by atoms with van der Waals surface area (Å²) in [4.78, 5) is 22.9. The van der Waals surface area contributed by atoms with Gasteiger partial charge in [-0.2, -0.15) is 0 Å². The number of ether oxygens (including phenoxy) is 2. The zero-order valence-corrected chi connectivity index (χ0v) is 19.1. The van der Waals surface area contributed by atoms with Gasteiger partial charge in [0.05, 0.1) is 24.4 Å². The molecule has 0 aromatic heterocycles. The summed E-state index contributed by atoms with van der Waals surface area (Å²) in [7, 11) is 0. The van der Waals surface area contributed by atoms with Gasteiger partial charge in [-0.05, 0) is 70.1 Å². The molecule has 3 rings (SSSR count). The number of carbonyl (C=O) groups excluding carboxylic acids is 1. The highest BCUT2D eigenvalue weighted by atomic mass is 16.5. The second kappa shape index (κ2) is 11.5. The maximum absolute atomic E-state index is 12.6. The largest absolute Gasteiger partial charge is 0.494 e. The zero-order chi connectivity index (χ0) is 22.9. The van der Waals surface area contributed by atoms with Crippen molar-refractivity contribution >= 4 is 12.4 Å². The van der Waals surface area contributed by atoms with Crippen molar-refractivity contribution in [3.05, 3.63) is 29.3 Å². The highest BCUT2D eigenvalue weighted by Gasteiger charge is 2.44. The number of benzene rings is 1. The van der Waals surface area contributed by atoms with Crippen LogP contribution in [0.15, 0.2) is 18.2 Å². The molecular weight excluding hydrogens is 398 g/mol. The van der Waals surface area contributed by atoms with Crippen molar-refractivity contribution in [3.8, 4) is 5.75 Å². The topological polar surface area (TPSA) is 96.3 Å².